The van der Waals surface area contributed by atoms with E-state index in [1.165, 1.54) is 65.5 Å². The summed E-state index contributed by atoms with van der Waals surface area (Å²) in [5, 5.41) is 0. The van der Waals surface area contributed by atoms with Gasteiger partial charge in [0.05, 0.1) is 0 Å². The molecule has 1 radical (unpaired) electrons. The lowest BCUT2D eigenvalue weighted by Gasteiger charge is -2.09. The molecule has 0 unspecified atom stereocenters. The Bertz CT molecular complexity index is 659. The Labute approximate surface area is 134 Å². The largest absolute Gasteiger partial charge is 0.0654 e. The van der Waals surface area contributed by atoms with Gasteiger partial charge in [-0.1, -0.05) is 80.3 Å². The van der Waals surface area contributed by atoms with Gasteiger partial charge >= 0.3 is 0 Å². The van der Waals surface area contributed by atoms with E-state index in [0.29, 0.717) is 0 Å². The Kier molecular flexibility index (Phi) is 4.77. The van der Waals surface area contributed by atoms with Crippen LogP contribution < -0.4 is 0 Å². The Morgan fingerprint density at radius 3 is 2.45 bits per heavy atom. The first kappa shape index (κ1) is 15.1. The molecule has 0 saturated carbocycles. The fraction of sp³-hybridized carbons (Fsp3) is 0.318. The maximum atomic E-state index is 2.30. The molecule has 1 aliphatic rings. The third kappa shape index (κ3) is 3.32. The molecule has 0 aliphatic heterocycles. The Balaban J connectivity index is 1.75. The lowest BCUT2D eigenvalue weighted by molar-refractivity contribution is 0.667. The minimum Gasteiger partial charge on any atom is -0.0654 e. The first-order chi connectivity index (χ1) is 10.8. The first-order valence-corrected chi connectivity index (χ1v) is 8.53. The SMILES string of the molecule is CCCCCCc1ccc(-c2cccc3c2C=C(C)[CH]3)cc1. The molecule has 0 heterocycles. The zero-order chi connectivity index (χ0) is 15.4. The topological polar surface area (TPSA) is 0 Å². The number of hydrogen-bond donors (Lipinski definition) is 0. The third-order valence-electron chi connectivity index (χ3n) is 4.48. The maximum Gasteiger partial charge on any atom is 0.0161 e. The van der Waals surface area contributed by atoms with Gasteiger partial charge < -0.3 is 0 Å². The summed E-state index contributed by atoms with van der Waals surface area (Å²) in [7, 11) is 0. The van der Waals surface area contributed by atoms with Gasteiger partial charge in [0.15, 0.2) is 0 Å². The van der Waals surface area contributed by atoms with Gasteiger partial charge in [-0.3, -0.25) is 0 Å². The highest BCUT2D eigenvalue weighted by Crippen LogP contribution is 2.34. The van der Waals surface area contributed by atoms with Crippen LogP contribution in [0, 0.1) is 6.42 Å². The molecular weight excluding hydrogens is 264 g/mol. The molecule has 0 bridgehead atoms. The molecule has 0 fully saturated rings. The van der Waals surface area contributed by atoms with Crippen LogP contribution in [0.2, 0.25) is 0 Å². The van der Waals surface area contributed by atoms with Crippen molar-refractivity contribution in [2.75, 3.05) is 0 Å². The number of hydrogen-bond acceptors (Lipinski definition) is 0. The van der Waals surface area contributed by atoms with E-state index in [2.05, 4.69) is 68.8 Å². The van der Waals surface area contributed by atoms with Crippen LogP contribution >= 0.6 is 0 Å². The van der Waals surface area contributed by atoms with E-state index in [1.807, 2.05) is 0 Å². The summed E-state index contributed by atoms with van der Waals surface area (Å²) in [6.07, 6.45) is 11.1. The fourth-order valence-electron chi connectivity index (χ4n) is 3.24. The molecule has 0 spiro atoms. The average Bonchev–Trinajstić information content (AvgIpc) is 2.92. The zero-order valence-corrected chi connectivity index (χ0v) is 13.7. The Hall–Kier alpha value is -1.82. The molecular formula is C22H25. The molecule has 0 saturated heterocycles. The number of unbranched alkanes of at least 4 members (excludes halogenated alkanes) is 3. The number of aryl methyl sites for hydroxylation is 1. The summed E-state index contributed by atoms with van der Waals surface area (Å²) in [5.41, 5.74) is 8.20. The maximum absolute atomic E-state index is 2.30. The summed E-state index contributed by atoms with van der Waals surface area (Å²) in [4.78, 5) is 0. The number of benzene rings is 2. The summed E-state index contributed by atoms with van der Waals surface area (Å²) in [5.74, 6) is 0. The van der Waals surface area contributed by atoms with Crippen molar-refractivity contribution in [3.05, 3.63) is 71.1 Å². The van der Waals surface area contributed by atoms with Crippen molar-refractivity contribution < 1.29 is 0 Å². The molecule has 113 valence electrons. The van der Waals surface area contributed by atoms with Gasteiger partial charge in [0.25, 0.3) is 0 Å². The lowest BCUT2D eigenvalue weighted by atomic mass is 9.95. The number of fused-ring (bicyclic) bond motifs is 1. The average molecular weight is 289 g/mol. The van der Waals surface area contributed by atoms with Crippen molar-refractivity contribution in [2.45, 2.75) is 46.0 Å². The van der Waals surface area contributed by atoms with E-state index in [1.54, 1.807) is 0 Å². The predicted octanol–water partition coefficient (Wildman–Crippen LogP) is 6.45. The normalized spacial score (nSPS) is 13.1. The quantitative estimate of drug-likeness (QED) is 0.536. The first-order valence-electron chi connectivity index (χ1n) is 8.53. The van der Waals surface area contributed by atoms with Gasteiger partial charge in [0.2, 0.25) is 0 Å². The Morgan fingerprint density at radius 2 is 1.68 bits per heavy atom. The highest BCUT2D eigenvalue weighted by molar-refractivity contribution is 5.83. The summed E-state index contributed by atoms with van der Waals surface area (Å²) >= 11 is 0. The van der Waals surface area contributed by atoms with E-state index >= 15 is 0 Å². The predicted molar refractivity (Wildman–Crippen MR) is 96.8 cm³/mol. The van der Waals surface area contributed by atoms with Gasteiger partial charge in [-0.05, 0) is 47.6 Å². The van der Waals surface area contributed by atoms with E-state index in [9.17, 15) is 0 Å². The molecule has 1 aliphatic carbocycles. The van der Waals surface area contributed by atoms with E-state index in [-0.39, 0.29) is 0 Å². The molecule has 2 aromatic rings. The van der Waals surface area contributed by atoms with Gasteiger partial charge in [0.1, 0.15) is 0 Å². The van der Waals surface area contributed by atoms with E-state index in [4.69, 9.17) is 0 Å². The van der Waals surface area contributed by atoms with Gasteiger partial charge in [0, 0.05) is 6.42 Å². The minimum absolute atomic E-state index is 1.21. The lowest BCUT2D eigenvalue weighted by Crippen LogP contribution is -1.89. The number of rotatable bonds is 6. The summed E-state index contributed by atoms with van der Waals surface area (Å²) < 4.78 is 0. The molecule has 0 aromatic heterocycles. The zero-order valence-electron chi connectivity index (χ0n) is 13.7. The van der Waals surface area contributed by atoms with E-state index < -0.39 is 0 Å². The van der Waals surface area contributed by atoms with Crippen LogP contribution in [-0.2, 0) is 6.42 Å². The smallest absolute Gasteiger partial charge is 0.0161 e. The fourth-order valence-corrected chi connectivity index (χ4v) is 3.24. The number of allylic oxidation sites excluding steroid dienone is 1. The molecule has 0 amide bonds. The van der Waals surface area contributed by atoms with Crippen LogP contribution in [0.5, 0.6) is 0 Å². The van der Waals surface area contributed by atoms with E-state index in [0.717, 1.165) is 0 Å². The molecule has 3 rings (SSSR count). The minimum atomic E-state index is 1.21. The van der Waals surface area contributed by atoms with Gasteiger partial charge in [-0.15, -0.1) is 0 Å². The summed E-state index contributed by atoms with van der Waals surface area (Å²) in [6.45, 7) is 4.43. The van der Waals surface area contributed by atoms with Crippen molar-refractivity contribution in [2.24, 2.45) is 0 Å². The molecule has 0 atom stereocenters. The molecule has 0 heteroatoms. The van der Waals surface area contributed by atoms with Crippen LogP contribution in [0.1, 0.15) is 56.2 Å². The van der Waals surface area contributed by atoms with Crippen LogP contribution in [0.15, 0.2) is 48.0 Å². The van der Waals surface area contributed by atoms with Crippen molar-refractivity contribution >= 4 is 6.08 Å². The van der Waals surface area contributed by atoms with Gasteiger partial charge in [-0.2, -0.15) is 0 Å². The van der Waals surface area contributed by atoms with Crippen LogP contribution in [0.25, 0.3) is 17.2 Å². The van der Waals surface area contributed by atoms with Crippen LogP contribution in [0.3, 0.4) is 0 Å². The highest BCUT2D eigenvalue weighted by Gasteiger charge is 2.14. The van der Waals surface area contributed by atoms with Crippen molar-refractivity contribution in [1.82, 2.24) is 0 Å². The third-order valence-corrected chi connectivity index (χ3v) is 4.48. The molecule has 22 heavy (non-hydrogen) atoms. The summed E-state index contributed by atoms with van der Waals surface area (Å²) in [6, 6.07) is 15.8. The molecule has 0 N–H and O–H groups in total. The Morgan fingerprint density at radius 1 is 0.864 bits per heavy atom. The second-order valence-corrected chi connectivity index (χ2v) is 6.35. The van der Waals surface area contributed by atoms with Crippen molar-refractivity contribution in [1.29, 1.82) is 0 Å². The molecule has 0 nitrogen and oxygen atoms in total. The van der Waals surface area contributed by atoms with Gasteiger partial charge in [-0.25, -0.2) is 0 Å². The molecule has 2 aromatic carbocycles. The second-order valence-electron chi connectivity index (χ2n) is 6.35. The van der Waals surface area contributed by atoms with Crippen molar-refractivity contribution in [3.63, 3.8) is 0 Å². The van der Waals surface area contributed by atoms with Crippen LogP contribution in [-0.4, -0.2) is 0 Å². The van der Waals surface area contributed by atoms with Crippen molar-refractivity contribution in [3.8, 4) is 11.1 Å². The second kappa shape index (κ2) is 6.96. The highest BCUT2D eigenvalue weighted by atomic mass is 14.2. The monoisotopic (exact) mass is 289 g/mol. The standard InChI is InChI=1S/C22H25/c1-3-4-5-6-8-18-11-13-19(14-12-18)21-10-7-9-20-15-17(2)16-22(20)21/h7,9-16H,3-6,8H2,1-2H3. The van der Waals surface area contributed by atoms with Crippen LogP contribution in [0.4, 0.5) is 0 Å².